The molecule has 6 heavy (non-hydrogen) atoms. The second kappa shape index (κ2) is 2.86. The summed E-state index contributed by atoms with van der Waals surface area (Å²) in [7, 11) is 0. The Morgan fingerprint density at radius 2 is 2.50 bits per heavy atom. The van der Waals surface area contributed by atoms with Crippen molar-refractivity contribution in [2.45, 2.75) is 12.3 Å². The van der Waals surface area contributed by atoms with Crippen LogP contribution >= 0.6 is 12.6 Å². The predicted octanol–water partition coefficient (Wildman–Crippen LogP) is 0.333. The molecule has 0 aromatic carbocycles. The van der Waals surface area contributed by atoms with Gasteiger partial charge in [-0.1, -0.05) is 0 Å². The monoisotopic (exact) mass is 102 g/mol. The fraction of sp³-hybridized carbons (Fsp3) is 0.667. The van der Waals surface area contributed by atoms with Crippen LogP contribution in [0.4, 0.5) is 0 Å². The van der Waals surface area contributed by atoms with Crippen LogP contribution < -0.4 is 5.32 Å². The Morgan fingerprint density at radius 1 is 2.00 bits per heavy atom. The largest absolute Gasteiger partial charge is 0.312 e. The van der Waals surface area contributed by atoms with Gasteiger partial charge in [-0.2, -0.15) is 17.9 Å². The maximum Gasteiger partial charge on any atom is 0.177 e. The van der Waals surface area contributed by atoms with Crippen LogP contribution in [0.25, 0.3) is 0 Å². The first-order valence-electron chi connectivity index (χ1n) is 1.60. The summed E-state index contributed by atoms with van der Waals surface area (Å²) in [5.74, 6) is 0. The van der Waals surface area contributed by atoms with Gasteiger partial charge in [0.25, 0.3) is 0 Å². The summed E-state index contributed by atoms with van der Waals surface area (Å²) in [5, 5.41) is 10.2. The zero-order valence-electron chi connectivity index (χ0n) is 3.47. The van der Waals surface area contributed by atoms with Gasteiger partial charge in [0.2, 0.25) is 0 Å². The zero-order chi connectivity index (χ0) is 4.99. The fourth-order valence-electron chi connectivity index (χ4n) is 0.0934. The molecule has 0 bridgehead atoms. The molecule has 0 aromatic rings. The van der Waals surface area contributed by atoms with Crippen molar-refractivity contribution in [3.8, 4) is 6.19 Å². The molecule has 0 spiro atoms. The SMILES string of the molecule is CC(S)NC#N. The van der Waals surface area contributed by atoms with E-state index >= 15 is 0 Å². The predicted molar refractivity (Wildman–Crippen MR) is 27.2 cm³/mol. The van der Waals surface area contributed by atoms with Crippen LogP contribution in [0.1, 0.15) is 6.92 Å². The summed E-state index contributed by atoms with van der Waals surface area (Å²) >= 11 is 3.84. The molecule has 0 amide bonds. The second-order valence-corrected chi connectivity index (χ2v) is 1.71. The fourth-order valence-corrected chi connectivity index (χ4v) is 0.151. The number of nitriles is 1. The van der Waals surface area contributed by atoms with E-state index in [1.54, 1.807) is 13.1 Å². The highest BCUT2D eigenvalue weighted by Crippen LogP contribution is 1.80. The molecule has 0 rings (SSSR count). The Morgan fingerprint density at radius 3 is 2.50 bits per heavy atom. The molecule has 0 saturated carbocycles. The number of hydrogen-bond acceptors (Lipinski definition) is 3. The number of hydrogen-bond donors (Lipinski definition) is 2. The molecule has 0 heterocycles. The van der Waals surface area contributed by atoms with Crippen molar-refractivity contribution in [2.24, 2.45) is 0 Å². The number of thiol groups is 1. The number of nitrogens with zero attached hydrogens (tertiary/aromatic N) is 1. The van der Waals surface area contributed by atoms with E-state index in [4.69, 9.17) is 5.26 Å². The Kier molecular flexibility index (Phi) is 2.68. The summed E-state index contributed by atoms with van der Waals surface area (Å²) < 4.78 is 0. The third kappa shape index (κ3) is 3.64. The minimum Gasteiger partial charge on any atom is -0.312 e. The molecular formula is C3H6N2S. The average molecular weight is 102 g/mol. The molecule has 3 heteroatoms. The van der Waals surface area contributed by atoms with Gasteiger partial charge in [0, 0.05) is 0 Å². The van der Waals surface area contributed by atoms with Gasteiger partial charge in [-0.15, -0.1) is 0 Å². The highest BCUT2D eigenvalue weighted by Gasteiger charge is 1.82. The smallest absolute Gasteiger partial charge is 0.177 e. The lowest BCUT2D eigenvalue weighted by molar-refractivity contribution is 0.876. The summed E-state index contributed by atoms with van der Waals surface area (Å²) in [6.45, 7) is 1.78. The minimum absolute atomic E-state index is 0.0185. The van der Waals surface area contributed by atoms with Gasteiger partial charge in [0.05, 0.1) is 5.37 Å². The lowest BCUT2D eigenvalue weighted by Gasteiger charge is -1.93. The summed E-state index contributed by atoms with van der Waals surface area (Å²) in [4.78, 5) is 0. The third-order valence-corrected chi connectivity index (χ3v) is 0.403. The van der Waals surface area contributed by atoms with Gasteiger partial charge in [0.15, 0.2) is 6.19 Å². The number of rotatable bonds is 1. The van der Waals surface area contributed by atoms with Gasteiger partial charge < -0.3 is 5.32 Å². The summed E-state index contributed by atoms with van der Waals surface area (Å²) in [6, 6.07) is 0. The van der Waals surface area contributed by atoms with Gasteiger partial charge in [0.1, 0.15) is 0 Å². The van der Waals surface area contributed by atoms with Crippen molar-refractivity contribution in [2.75, 3.05) is 0 Å². The Labute approximate surface area is 42.6 Å². The number of nitrogens with one attached hydrogen (secondary N) is 1. The molecule has 34 valence electrons. The normalized spacial score (nSPS) is 12.2. The first-order chi connectivity index (χ1) is 2.77. The molecule has 0 fully saturated rings. The molecule has 1 unspecified atom stereocenters. The first kappa shape index (κ1) is 5.64. The molecule has 0 saturated heterocycles. The van der Waals surface area contributed by atoms with Crippen LogP contribution in [0.3, 0.4) is 0 Å². The highest BCUT2D eigenvalue weighted by molar-refractivity contribution is 7.80. The lowest BCUT2D eigenvalue weighted by Crippen LogP contribution is -2.12. The quantitative estimate of drug-likeness (QED) is 0.217. The van der Waals surface area contributed by atoms with Gasteiger partial charge in [-0.05, 0) is 6.92 Å². The molecular weight excluding hydrogens is 96.1 g/mol. The van der Waals surface area contributed by atoms with Crippen LogP contribution in [0, 0.1) is 11.5 Å². The minimum atomic E-state index is -0.0185. The van der Waals surface area contributed by atoms with E-state index in [1.165, 1.54) is 0 Å². The van der Waals surface area contributed by atoms with Crippen LogP contribution in [0.5, 0.6) is 0 Å². The van der Waals surface area contributed by atoms with Crippen LogP contribution in [0.2, 0.25) is 0 Å². The summed E-state index contributed by atoms with van der Waals surface area (Å²) in [5.41, 5.74) is 0. The molecule has 0 radical (unpaired) electrons. The molecule has 0 aliphatic heterocycles. The lowest BCUT2D eigenvalue weighted by atomic mass is 10.8. The van der Waals surface area contributed by atoms with Crippen molar-refractivity contribution in [3.05, 3.63) is 0 Å². The molecule has 0 aromatic heterocycles. The van der Waals surface area contributed by atoms with E-state index in [9.17, 15) is 0 Å². The molecule has 1 atom stereocenters. The van der Waals surface area contributed by atoms with Gasteiger partial charge in [-0.3, -0.25) is 0 Å². The molecule has 0 aliphatic carbocycles. The van der Waals surface area contributed by atoms with Crippen molar-refractivity contribution >= 4 is 12.6 Å². The molecule has 0 aliphatic rings. The second-order valence-electron chi connectivity index (χ2n) is 0.932. The van der Waals surface area contributed by atoms with Crippen LogP contribution in [-0.4, -0.2) is 5.37 Å². The Bertz CT molecular complexity index is 63.7. The van der Waals surface area contributed by atoms with E-state index in [0.717, 1.165) is 0 Å². The van der Waals surface area contributed by atoms with Crippen molar-refractivity contribution < 1.29 is 0 Å². The van der Waals surface area contributed by atoms with Gasteiger partial charge in [-0.25, -0.2) is 0 Å². The first-order valence-corrected chi connectivity index (χ1v) is 2.11. The maximum atomic E-state index is 7.83. The van der Waals surface area contributed by atoms with Crippen molar-refractivity contribution in [1.82, 2.24) is 5.32 Å². The van der Waals surface area contributed by atoms with Gasteiger partial charge >= 0.3 is 0 Å². The summed E-state index contributed by atoms with van der Waals surface area (Å²) in [6.07, 6.45) is 1.74. The topological polar surface area (TPSA) is 35.8 Å². The highest BCUT2D eigenvalue weighted by atomic mass is 32.1. The van der Waals surface area contributed by atoms with E-state index in [2.05, 4.69) is 17.9 Å². The third-order valence-electron chi connectivity index (χ3n) is 0.273. The van der Waals surface area contributed by atoms with E-state index in [0.29, 0.717) is 0 Å². The Hall–Kier alpha value is -0.360. The Balaban J connectivity index is 2.88. The van der Waals surface area contributed by atoms with E-state index < -0.39 is 0 Å². The average Bonchev–Trinajstić information content (AvgIpc) is 1.35. The van der Waals surface area contributed by atoms with Crippen LogP contribution in [0.15, 0.2) is 0 Å². The zero-order valence-corrected chi connectivity index (χ0v) is 4.37. The van der Waals surface area contributed by atoms with Crippen LogP contribution in [-0.2, 0) is 0 Å². The molecule has 1 N–H and O–H groups in total. The maximum absolute atomic E-state index is 7.83. The standard InChI is InChI=1S/C3H6N2S/c1-3(6)5-2-4/h3,5-6H,1H3. The van der Waals surface area contributed by atoms with E-state index in [-0.39, 0.29) is 5.37 Å². The van der Waals surface area contributed by atoms with E-state index in [1.807, 2.05) is 0 Å². The van der Waals surface area contributed by atoms with Crippen molar-refractivity contribution in [1.29, 1.82) is 5.26 Å². The van der Waals surface area contributed by atoms with Crippen molar-refractivity contribution in [3.63, 3.8) is 0 Å². The molecule has 2 nitrogen and oxygen atoms in total.